The number of nitrogens with one attached hydrogen (secondary N) is 2. The summed E-state index contributed by atoms with van der Waals surface area (Å²) in [5.74, 6) is -1.04. The first-order chi connectivity index (χ1) is 12.7. The summed E-state index contributed by atoms with van der Waals surface area (Å²) < 4.78 is 45.1. The molecule has 2 aromatic carbocycles. The van der Waals surface area contributed by atoms with Gasteiger partial charge in [0.15, 0.2) is 6.61 Å². The van der Waals surface area contributed by atoms with E-state index in [0.29, 0.717) is 10.8 Å². The van der Waals surface area contributed by atoms with Crippen LogP contribution in [0.3, 0.4) is 0 Å². The predicted octanol–water partition coefficient (Wildman–Crippen LogP) is 3.37. The smallest absolute Gasteiger partial charge is 0.484 e. The van der Waals surface area contributed by atoms with Crippen LogP contribution in [0.25, 0.3) is 0 Å². The minimum Gasteiger partial charge on any atom is -0.484 e. The summed E-state index contributed by atoms with van der Waals surface area (Å²) >= 11 is 5.73. The van der Waals surface area contributed by atoms with E-state index in [0.717, 1.165) is 12.1 Å². The molecule has 144 valence electrons. The Morgan fingerprint density at radius 1 is 0.926 bits per heavy atom. The van der Waals surface area contributed by atoms with Crippen molar-refractivity contribution >= 4 is 29.1 Å². The molecule has 0 saturated heterocycles. The van der Waals surface area contributed by atoms with Crippen molar-refractivity contribution in [3.8, 4) is 11.5 Å². The Morgan fingerprint density at radius 3 is 2.11 bits per heavy atom. The normalized spacial score (nSPS) is 10.8. The molecule has 0 aromatic heterocycles. The zero-order valence-electron chi connectivity index (χ0n) is 13.7. The number of anilines is 1. The second-order valence-corrected chi connectivity index (χ2v) is 5.58. The molecule has 0 heterocycles. The van der Waals surface area contributed by atoms with E-state index in [1.54, 1.807) is 24.3 Å². The Labute approximate surface area is 157 Å². The maximum atomic E-state index is 12.1. The molecule has 2 aromatic rings. The summed E-state index contributed by atoms with van der Waals surface area (Å²) in [6.45, 7) is -0.623. The third-order valence-corrected chi connectivity index (χ3v) is 3.25. The van der Waals surface area contributed by atoms with Crippen LogP contribution >= 0.6 is 11.6 Å². The van der Waals surface area contributed by atoms with Crippen LogP contribution in [-0.4, -0.2) is 31.3 Å². The molecule has 2 rings (SSSR count). The fraction of sp³-hybridized carbons (Fsp3) is 0.176. The Morgan fingerprint density at radius 2 is 1.52 bits per heavy atom. The topological polar surface area (TPSA) is 76.7 Å². The average Bonchev–Trinajstić information content (AvgIpc) is 2.60. The number of hydrogen-bond donors (Lipinski definition) is 2. The summed E-state index contributed by atoms with van der Waals surface area (Å²) in [7, 11) is 0. The van der Waals surface area contributed by atoms with Crippen molar-refractivity contribution in [2.45, 2.75) is 6.36 Å². The maximum absolute atomic E-state index is 12.1. The molecule has 2 N–H and O–H groups in total. The van der Waals surface area contributed by atoms with E-state index in [1.807, 2.05) is 0 Å². The van der Waals surface area contributed by atoms with E-state index >= 15 is 0 Å². The number of halogens is 4. The van der Waals surface area contributed by atoms with E-state index in [4.69, 9.17) is 16.3 Å². The van der Waals surface area contributed by atoms with Gasteiger partial charge in [-0.2, -0.15) is 0 Å². The lowest BCUT2D eigenvalue weighted by Gasteiger charge is -2.10. The van der Waals surface area contributed by atoms with Gasteiger partial charge in [0.2, 0.25) is 5.91 Å². The first kappa shape index (κ1) is 20.4. The molecule has 0 aliphatic rings. The zero-order chi connectivity index (χ0) is 19.9. The van der Waals surface area contributed by atoms with Gasteiger partial charge in [-0.05, 0) is 48.5 Å². The van der Waals surface area contributed by atoms with E-state index in [9.17, 15) is 22.8 Å². The molecule has 6 nitrogen and oxygen atoms in total. The van der Waals surface area contributed by atoms with Crippen molar-refractivity contribution in [3.05, 3.63) is 53.6 Å². The highest BCUT2D eigenvalue weighted by molar-refractivity contribution is 6.30. The predicted molar refractivity (Wildman–Crippen MR) is 91.7 cm³/mol. The summed E-state index contributed by atoms with van der Waals surface area (Å²) in [6, 6.07) is 11.0. The molecule has 0 aliphatic carbocycles. The lowest BCUT2D eigenvalue weighted by atomic mass is 10.3. The molecular weight excluding hydrogens is 389 g/mol. The molecule has 0 atom stereocenters. The second kappa shape index (κ2) is 9.13. The number of rotatable bonds is 7. The van der Waals surface area contributed by atoms with Gasteiger partial charge in [-0.3, -0.25) is 9.59 Å². The Kier molecular flexibility index (Phi) is 6.89. The summed E-state index contributed by atoms with van der Waals surface area (Å²) in [5, 5.41) is 5.30. The first-order valence-corrected chi connectivity index (χ1v) is 7.90. The summed E-state index contributed by atoms with van der Waals surface area (Å²) in [5.41, 5.74) is 0.251. The Bertz CT molecular complexity index is 780. The number of carbonyl (C=O) groups excluding carboxylic acids is 2. The van der Waals surface area contributed by atoms with Crippen LogP contribution in [-0.2, 0) is 9.59 Å². The summed E-state index contributed by atoms with van der Waals surface area (Å²) in [6.07, 6.45) is -4.79. The molecule has 0 fully saturated rings. The van der Waals surface area contributed by atoms with Crippen molar-refractivity contribution in [3.63, 3.8) is 0 Å². The Hall–Kier alpha value is -2.94. The largest absolute Gasteiger partial charge is 0.573 e. The molecule has 0 unspecified atom stereocenters. The SMILES string of the molecule is O=C(COc1ccc(Cl)cc1)NCC(=O)Nc1ccc(OC(F)(F)F)cc1. The minimum atomic E-state index is -4.79. The highest BCUT2D eigenvalue weighted by Gasteiger charge is 2.30. The molecule has 0 spiro atoms. The van der Waals surface area contributed by atoms with E-state index in [1.165, 1.54) is 12.1 Å². The summed E-state index contributed by atoms with van der Waals surface area (Å²) in [4.78, 5) is 23.4. The van der Waals surface area contributed by atoms with Crippen LogP contribution in [0, 0.1) is 0 Å². The van der Waals surface area contributed by atoms with Crippen LogP contribution in [0.4, 0.5) is 18.9 Å². The van der Waals surface area contributed by atoms with Gasteiger partial charge < -0.3 is 20.1 Å². The standard InChI is InChI=1S/C17H14ClF3N2O4/c18-11-1-5-13(6-2-11)26-10-16(25)22-9-15(24)23-12-3-7-14(8-4-12)27-17(19,20)21/h1-8H,9-10H2,(H,22,25)(H,23,24). The van der Waals surface area contributed by atoms with Gasteiger partial charge in [-0.25, -0.2) is 0 Å². The molecule has 10 heteroatoms. The number of carbonyl (C=O) groups is 2. The van der Waals surface area contributed by atoms with Crippen LogP contribution in [0.15, 0.2) is 48.5 Å². The third kappa shape index (κ3) is 7.87. The van der Waals surface area contributed by atoms with Crippen molar-refractivity contribution < 1.29 is 32.2 Å². The van der Waals surface area contributed by atoms with Crippen LogP contribution in [0.1, 0.15) is 0 Å². The number of hydrogen-bond acceptors (Lipinski definition) is 4. The molecular formula is C17H14ClF3N2O4. The minimum absolute atomic E-state index is 0.251. The fourth-order valence-electron chi connectivity index (χ4n) is 1.85. The fourth-order valence-corrected chi connectivity index (χ4v) is 1.98. The maximum Gasteiger partial charge on any atom is 0.573 e. The van der Waals surface area contributed by atoms with Crippen LogP contribution in [0.2, 0.25) is 5.02 Å². The first-order valence-electron chi connectivity index (χ1n) is 7.52. The molecule has 0 radical (unpaired) electrons. The zero-order valence-corrected chi connectivity index (χ0v) is 14.4. The average molecular weight is 403 g/mol. The van der Waals surface area contributed by atoms with Gasteiger partial charge in [0.25, 0.3) is 5.91 Å². The van der Waals surface area contributed by atoms with Gasteiger partial charge in [-0.15, -0.1) is 13.2 Å². The quantitative estimate of drug-likeness (QED) is 0.744. The molecule has 2 amide bonds. The monoisotopic (exact) mass is 402 g/mol. The highest BCUT2D eigenvalue weighted by atomic mass is 35.5. The van der Waals surface area contributed by atoms with E-state index in [-0.39, 0.29) is 18.8 Å². The molecule has 0 aliphatic heterocycles. The van der Waals surface area contributed by atoms with Crippen molar-refractivity contribution in [1.29, 1.82) is 0 Å². The van der Waals surface area contributed by atoms with Crippen LogP contribution < -0.4 is 20.1 Å². The van der Waals surface area contributed by atoms with Gasteiger partial charge in [0.1, 0.15) is 11.5 Å². The molecule has 27 heavy (non-hydrogen) atoms. The van der Waals surface area contributed by atoms with Crippen molar-refractivity contribution in [1.82, 2.24) is 5.32 Å². The lowest BCUT2D eigenvalue weighted by molar-refractivity contribution is -0.274. The van der Waals surface area contributed by atoms with Gasteiger partial charge >= 0.3 is 6.36 Å². The molecule has 0 saturated carbocycles. The van der Waals surface area contributed by atoms with E-state index in [2.05, 4.69) is 15.4 Å². The van der Waals surface area contributed by atoms with Gasteiger partial charge in [0, 0.05) is 10.7 Å². The van der Waals surface area contributed by atoms with Crippen molar-refractivity contribution in [2.24, 2.45) is 0 Å². The van der Waals surface area contributed by atoms with Gasteiger partial charge in [-0.1, -0.05) is 11.6 Å². The highest BCUT2D eigenvalue weighted by Crippen LogP contribution is 2.23. The number of amides is 2. The number of alkyl halides is 3. The lowest BCUT2D eigenvalue weighted by Crippen LogP contribution is -2.35. The van der Waals surface area contributed by atoms with E-state index < -0.39 is 23.9 Å². The van der Waals surface area contributed by atoms with Crippen molar-refractivity contribution in [2.75, 3.05) is 18.5 Å². The Balaban J connectivity index is 1.72. The second-order valence-electron chi connectivity index (χ2n) is 5.14. The number of benzene rings is 2. The third-order valence-electron chi connectivity index (χ3n) is 3.00. The van der Waals surface area contributed by atoms with Crippen LogP contribution in [0.5, 0.6) is 11.5 Å². The number of ether oxygens (including phenoxy) is 2. The van der Waals surface area contributed by atoms with Gasteiger partial charge in [0.05, 0.1) is 6.54 Å². The molecule has 0 bridgehead atoms.